The molecule has 28 heavy (non-hydrogen) atoms. The van der Waals surface area contributed by atoms with Crippen LogP contribution in [0.25, 0.3) is 21.7 Å². The number of nitrogens with zero attached hydrogens (tertiary/aromatic N) is 1. The molecule has 0 radical (unpaired) electrons. The Balaban J connectivity index is 2.00. The van der Waals surface area contributed by atoms with Crippen molar-refractivity contribution in [3.63, 3.8) is 0 Å². The Hall–Kier alpha value is -3.80. The Morgan fingerprint density at radius 1 is 1.07 bits per heavy atom. The predicted molar refractivity (Wildman–Crippen MR) is 111 cm³/mol. The van der Waals surface area contributed by atoms with Gasteiger partial charge in [0.2, 0.25) is 0 Å². The SMILES string of the molecule is CCOC(=O)Nc1c(/C(=N/N)c2ccccc2)oc2ccc3ccccc3c12. The molecule has 0 fully saturated rings. The number of nitrogens with one attached hydrogen (secondary N) is 1. The number of carbonyl (C=O) groups is 1. The maximum absolute atomic E-state index is 12.2. The van der Waals surface area contributed by atoms with Crippen LogP contribution < -0.4 is 11.2 Å². The number of hydrogen-bond acceptors (Lipinski definition) is 5. The van der Waals surface area contributed by atoms with Crippen LogP contribution in [0.15, 0.2) is 76.2 Å². The van der Waals surface area contributed by atoms with E-state index in [1.807, 2.05) is 66.7 Å². The van der Waals surface area contributed by atoms with E-state index in [4.69, 9.17) is 15.0 Å². The van der Waals surface area contributed by atoms with Crippen molar-refractivity contribution in [2.24, 2.45) is 10.9 Å². The Morgan fingerprint density at radius 3 is 2.57 bits per heavy atom. The van der Waals surface area contributed by atoms with Crippen LogP contribution in [0.1, 0.15) is 18.2 Å². The lowest BCUT2D eigenvalue weighted by Gasteiger charge is -2.08. The zero-order chi connectivity index (χ0) is 19.5. The summed E-state index contributed by atoms with van der Waals surface area (Å²) in [6.45, 7) is 2.01. The standard InChI is InChI=1S/C22H19N3O3/c1-2-27-22(26)24-20-18-16-11-7-6-8-14(16)12-13-17(18)28-21(20)19(25-23)15-9-4-3-5-10-15/h3-13H,2,23H2,1H3,(H,24,26)/b25-19+. The van der Waals surface area contributed by atoms with Gasteiger partial charge in [0.25, 0.3) is 0 Å². The Bertz CT molecular complexity index is 1180. The van der Waals surface area contributed by atoms with Gasteiger partial charge in [-0.25, -0.2) is 4.79 Å². The zero-order valence-electron chi connectivity index (χ0n) is 15.3. The van der Waals surface area contributed by atoms with Gasteiger partial charge in [0, 0.05) is 5.56 Å². The van der Waals surface area contributed by atoms with Crippen LogP contribution in [-0.2, 0) is 4.74 Å². The number of hydrazone groups is 1. The molecule has 6 nitrogen and oxygen atoms in total. The van der Waals surface area contributed by atoms with Crippen LogP contribution >= 0.6 is 0 Å². The molecule has 0 atom stereocenters. The lowest BCUT2D eigenvalue weighted by Crippen LogP contribution is -2.16. The van der Waals surface area contributed by atoms with Crippen LogP contribution in [-0.4, -0.2) is 18.4 Å². The molecule has 0 aliphatic heterocycles. The minimum absolute atomic E-state index is 0.258. The molecule has 0 aliphatic rings. The third kappa shape index (κ3) is 3.05. The molecule has 1 amide bonds. The summed E-state index contributed by atoms with van der Waals surface area (Å²) in [6.07, 6.45) is -0.566. The number of amides is 1. The topological polar surface area (TPSA) is 89.8 Å². The predicted octanol–water partition coefficient (Wildman–Crippen LogP) is 4.87. The maximum Gasteiger partial charge on any atom is 0.411 e. The summed E-state index contributed by atoms with van der Waals surface area (Å²) in [4.78, 5) is 12.2. The van der Waals surface area contributed by atoms with Crippen molar-refractivity contribution < 1.29 is 13.9 Å². The fourth-order valence-electron chi connectivity index (χ4n) is 3.28. The number of fused-ring (bicyclic) bond motifs is 3. The Morgan fingerprint density at radius 2 is 1.82 bits per heavy atom. The molecule has 0 aliphatic carbocycles. The van der Waals surface area contributed by atoms with Gasteiger partial charge in [-0.2, -0.15) is 5.10 Å². The van der Waals surface area contributed by atoms with E-state index >= 15 is 0 Å². The van der Waals surface area contributed by atoms with Crippen LogP contribution in [0.5, 0.6) is 0 Å². The van der Waals surface area contributed by atoms with Crippen LogP contribution in [0.4, 0.5) is 10.5 Å². The third-order valence-corrected chi connectivity index (χ3v) is 4.47. The second-order valence-electron chi connectivity index (χ2n) is 6.16. The minimum atomic E-state index is -0.566. The molecule has 1 heterocycles. The summed E-state index contributed by atoms with van der Waals surface area (Å²) in [5.41, 5.74) is 2.32. The van der Waals surface area contributed by atoms with Gasteiger partial charge in [0.1, 0.15) is 17.0 Å². The van der Waals surface area contributed by atoms with E-state index in [-0.39, 0.29) is 6.61 Å². The zero-order valence-corrected chi connectivity index (χ0v) is 15.3. The second kappa shape index (κ2) is 7.44. The average molecular weight is 373 g/mol. The van der Waals surface area contributed by atoms with E-state index in [0.717, 1.165) is 21.7 Å². The fraction of sp³-hybridized carbons (Fsp3) is 0.0909. The molecule has 4 aromatic rings. The van der Waals surface area contributed by atoms with Gasteiger partial charge in [-0.05, 0) is 23.8 Å². The first-order valence-electron chi connectivity index (χ1n) is 8.94. The molecular formula is C22H19N3O3. The van der Waals surface area contributed by atoms with E-state index in [0.29, 0.717) is 22.7 Å². The molecule has 0 spiro atoms. The maximum atomic E-state index is 12.2. The van der Waals surface area contributed by atoms with E-state index < -0.39 is 6.09 Å². The monoisotopic (exact) mass is 373 g/mol. The molecular weight excluding hydrogens is 354 g/mol. The molecule has 0 unspecified atom stereocenters. The number of furan rings is 1. The number of ether oxygens (including phenoxy) is 1. The van der Waals surface area contributed by atoms with Gasteiger partial charge >= 0.3 is 6.09 Å². The fourth-order valence-corrected chi connectivity index (χ4v) is 3.28. The largest absolute Gasteiger partial charge is 0.452 e. The van der Waals surface area contributed by atoms with Crippen molar-refractivity contribution in [1.82, 2.24) is 0 Å². The molecule has 0 saturated carbocycles. The Kier molecular flexibility index (Phi) is 4.68. The summed E-state index contributed by atoms with van der Waals surface area (Å²) in [6, 6.07) is 21.2. The van der Waals surface area contributed by atoms with Crippen LogP contribution in [0.2, 0.25) is 0 Å². The van der Waals surface area contributed by atoms with Crippen molar-refractivity contribution in [3.05, 3.63) is 78.1 Å². The third-order valence-electron chi connectivity index (χ3n) is 4.47. The number of nitrogens with two attached hydrogens (primary N) is 1. The first-order chi connectivity index (χ1) is 13.7. The van der Waals surface area contributed by atoms with Crippen molar-refractivity contribution in [2.75, 3.05) is 11.9 Å². The lowest BCUT2D eigenvalue weighted by atomic mass is 10.0. The van der Waals surface area contributed by atoms with Gasteiger partial charge in [-0.3, -0.25) is 5.32 Å². The summed E-state index contributed by atoms with van der Waals surface area (Å²) >= 11 is 0. The van der Waals surface area contributed by atoms with E-state index in [1.54, 1.807) is 6.92 Å². The molecule has 0 saturated heterocycles. The van der Waals surface area contributed by atoms with Crippen molar-refractivity contribution in [3.8, 4) is 0 Å². The number of carbonyl (C=O) groups excluding carboxylic acids is 1. The molecule has 3 aromatic carbocycles. The Labute approximate surface area is 161 Å². The first kappa shape index (κ1) is 17.6. The molecule has 1 aromatic heterocycles. The molecule has 140 valence electrons. The molecule has 0 bridgehead atoms. The van der Waals surface area contributed by atoms with Crippen molar-refractivity contribution in [1.29, 1.82) is 0 Å². The number of rotatable bonds is 4. The van der Waals surface area contributed by atoms with Crippen LogP contribution in [0, 0.1) is 0 Å². The highest BCUT2D eigenvalue weighted by molar-refractivity contribution is 6.23. The number of hydrogen-bond donors (Lipinski definition) is 2. The lowest BCUT2D eigenvalue weighted by molar-refractivity contribution is 0.168. The average Bonchev–Trinajstić information content (AvgIpc) is 3.08. The number of anilines is 1. The molecule has 6 heteroatoms. The van der Waals surface area contributed by atoms with Gasteiger partial charge in [-0.1, -0.05) is 60.7 Å². The molecule has 4 rings (SSSR count). The first-order valence-corrected chi connectivity index (χ1v) is 8.94. The normalized spacial score (nSPS) is 11.7. The van der Waals surface area contributed by atoms with Gasteiger partial charge in [-0.15, -0.1) is 0 Å². The van der Waals surface area contributed by atoms with Crippen molar-refractivity contribution >= 4 is 39.2 Å². The highest BCUT2D eigenvalue weighted by Crippen LogP contribution is 2.37. The minimum Gasteiger partial charge on any atom is -0.452 e. The highest BCUT2D eigenvalue weighted by atomic mass is 16.5. The summed E-state index contributed by atoms with van der Waals surface area (Å²) in [5.74, 6) is 6.10. The summed E-state index contributed by atoms with van der Waals surface area (Å²) in [7, 11) is 0. The van der Waals surface area contributed by atoms with Crippen molar-refractivity contribution in [2.45, 2.75) is 6.92 Å². The molecule has 3 N–H and O–H groups in total. The van der Waals surface area contributed by atoms with Crippen LogP contribution in [0.3, 0.4) is 0 Å². The van der Waals surface area contributed by atoms with E-state index in [9.17, 15) is 4.79 Å². The highest BCUT2D eigenvalue weighted by Gasteiger charge is 2.24. The quantitative estimate of drug-likeness (QED) is 0.303. The van der Waals surface area contributed by atoms with Gasteiger partial charge < -0.3 is 15.0 Å². The van der Waals surface area contributed by atoms with Gasteiger partial charge in [0.05, 0.1) is 12.0 Å². The second-order valence-corrected chi connectivity index (χ2v) is 6.16. The van der Waals surface area contributed by atoms with Gasteiger partial charge in [0.15, 0.2) is 5.76 Å². The number of benzene rings is 3. The summed E-state index contributed by atoms with van der Waals surface area (Å²) in [5, 5.41) is 9.52. The van der Waals surface area contributed by atoms with E-state index in [2.05, 4.69) is 10.4 Å². The summed E-state index contributed by atoms with van der Waals surface area (Å²) < 4.78 is 11.2. The smallest absolute Gasteiger partial charge is 0.411 e. The van der Waals surface area contributed by atoms with E-state index in [1.165, 1.54) is 0 Å².